The monoisotopic (exact) mass is 214 g/mol. The van der Waals surface area contributed by atoms with Crippen molar-refractivity contribution in [1.82, 2.24) is 0 Å². The molecule has 6 heteroatoms. The van der Waals surface area contributed by atoms with Crippen molar-refractivity contribution in [3.63, 3.8) is 0 Å². The van der Waals surface area contributed by atoms with Gasteiger partial charge in [-0.2, -0.15) is 0 Å². The molecule has 0 amide bonds. The number of hydrogen-bond donors (Lipinski definition) is 5. The van der Waals surface area contributed by atoms with Crippen LogP contribution in [-0.4, -0.2) is 37.6 Å². The number of phenols is 1. The van der Waals surface area contributed by atoms with E-state index in [-0.39, 0.29) is 11.3 Å². The van der Waals surface area contributed by atoms with Crippen LogP contribution in [0, 0.1) is 0 Å². The Bertz CT molecular complexity index is 355. The van der Waals surface area contributed by atoms with Crippen LogP contribution in [0.3, 0.4) is 0 Å². The van der Waals surface area contributed by atoms with E-state index in [9.17, 15) is 15.0 Å². The quantitative estimate of drug-likeness (QED) is 0.411. The van der Waals surface area contributed by atoms with Gasteiger partial charge in [0.15, 0.2) is 0 Å². The molecule has 0 saturated heterocycles. The third-order valence-electron chi connectivity index (χ3n) is 1.91. The summed E-state index contributed by atoms with van der Waals surface area (Å²) >= 11 is 0. The van der Waals surface area contributed by atoms with E-state index in [4.69, 9.17) is 15.3 Å². The maximum Gasteiger partial charge on any atom is 0.338 e. The number of aliphatic hydroxyl groups excluding tert-OH is 1. The summed E-state index contributed by atoms with van der Waals surface area (Å²) in [5, 5.41) is 45.1. The lowest BCUT2D eigenvalue weighted by atomic mass is 10.0. The van der Waals surface area contributed by atoms with Crippen molar-refractivity contribution in [2.75, 3.05) is 0 Å². The molecule has 1 rings (SSSR count). The number of phenolic OH excluding ortho intramolecular Hbond substituents is 1. The van der Waals surface area contributed by atoms with E-state index >= 15 is 0 Å². The van der Waals surface area contributed by atoms with Crippen molar-refractivity contribution in [3.8, 4) is 5.75 Å². The van der Waals surface area contributed by atoms with Gasteiger partial charge in [0.2, 0.25) is 11.9 Å². The molecule has 1 aromatic rings. The Morgan fingerprint density at radius 3 is 2.07 bits per heavy atom. The van der Waals surface area contributed by atoms with E-state index in [0.29, 0.717) is 0 Å². The van der Waals surface area contributed by atoms with E-state index in [0.717, 1.165) is 24.3 Å². The molecule has 0 aliphatic carbocycles. The Labute approximate surface area is 84.7 Å². The third-order valence-corrected chi connectivity index (χ3v) is 1.91. The molecular formula is C9H10O6. The summed E-state index contributed by atoms with van der Waals surface area (Å²) in [5.74, 6) is -4.76. The second kappa shape index (κ2) is 3.85. The fraction of sp³-hybridized carbons (Fsp3) is 0.222. The third kappa shape index (κ3) is 2.24. The van der Waals surface area contributed by atoms with Gasteiger partial charge in [0.25, 0.3) is 0 Å². The van der Waals surface area contributed by atoms with Gasteiger partial charge < -0.3 is 25.5 Å². The van der Waals surface area contributed by atoms with Crippen molar-refractivity contribution in [2.45, 2.75) is 11.9 Å². The van der Waals surface area contributed by atoms with Gasteiger partial charge in [0.1, 0.15) is 5.75 Å². The van der Waals surface area contributed by atoms with E-state index in [2.05, 4.69) is 0 Å². The molecule has 0 bridgehead atoms. The average Bonchev–Trinajstić information content (AvgIpc) is 2.17. The van der Waals surface area contributed by atoms with Crippen LogP contribution < -0.4 is 0 Å². The van der Waals surface area contributed by atoms with E-state index in [1.54, 1.807) is 0 Å². The highest BCUT2D eigenvalue weighted by atomic mass is 16.5. The predicted molar refractivity (Wildman–Crippen MR) is 47.9 cm³/mol. The summed E-state index contributed by atoms with van der Waals surface area (Å²) in [6, 6.07) is 4.49. The van der Waals surface area contributed by atoms with Crippen LogP contribution in [0.25, 0.3) is 0 Å². The van der Waals surface area contributed by atoms with Gasteiger partial charge >= 0.3 is 5.97 Å². The van der Waals surface area contributed by atoms with Crippen LogP contribution in [0.1, 0.15) is 5.56 Å². The molecule has 1 unspecified atom stereocenters. The Balaban J connectivity index is 3.05. The smallest absolute Gasteiger partial charge is 0.338 e. The molecule has 0 spiro atoms. The number of carboxylic acid groups (broad SMARTS) is 1. The highest BCUT2D eigenvalue weighted by molar-refractivity contribution is 5.73. The zero-order chi connectivity index (χ0) is 11.6. The average molecular weight is 214 g/mol. The molecule has 6 nitrogen and oxygen atoms in total. The molecule has 82 valence electrons. The highest BCUT2D eigenvalue weighted by Crippen LogP contribution is 2.24. The molecule has 1 aromatic carbocycles. The zero-order valence-corrected chi connectivity index (χ0v) is 7.53. The van der Waals surface area contributed by atoms with Crippen LogP contribution in [-0.2, 0) is 10.6 Å². The molecule has 0 fully saturated rings. The number of aliphatic carboxylic acids is 1. The topological polar surface area (TPSA) is 118 Å². The first-order chi connectivity index (χ1) is 6.85. The lowest BCUT2D eigenvalue weighted by Gasteiger charge is -2.24. The minimum Gasteiger partial charge on any atom is -0.508 e. The molecule has 0 aliphatic heterocycles. The molecule has 5 N–H and O–H groups in total. The fourth-order valence-electron chi connectivity index (χ4n) is 1.04. The Kier molecular flexibility index (Phi) is 2.94. The van der Waals surface area contributed by atoms with Gasteiger partial charge in [-0.3, -0.25) is 0 Å². The summed E-state index contributed by atoms with van der Waals surface area (Å²) in [5.41, 5.74) is -0.227. The Hall–Kier alpha value is -1.63. The van der Waals surface area contributed by atoms with Crippen molar-refractivity contribution in [2.24, 2.45) is 0 Å². The molecule has 0 heterocycles. The normalized spacial score (nSPS) is 13.5. The molecule has 0 radical (unpaired) electrons. The Morgan fingerprint density at radius 2 is 1.67 bits per heavy atom. The Morgan fingerprint density at radius 1 is 1.20 bits per heavy atom. The van der Waals surface area contributed by atoms with Crippen molar-refractivity contribution in [3.05, 3.63) is 29.8 Å². The minimum atomic E-state index is -2.89. The van der Waals surface area contributed by atoms with Gasteiger partial charge in [0.05, 0.1) is 0 Å². The molecule has 0 aromatic heterocycles. The van der Waals surface area contributed by atoms with Crippen LogP contribution in [0.5, 0.6) is 5.75 Å². The maximum absolute atomic E-state index is 10.4. The van der Waals surface area contributed by atoms with E-state index in [1.165, 1.54) is 0 Å². The first kappa shape index (κ1) is 11.4. The number of rotatable bonds is 3. The van der Waals surface area contributed by atoms with Crippen molar-refractivity contribution >= 4 is 5.97 Å². The standard InChI is InChI=1S/C9H10O6/c10-6-3-1-5(2-4-6)9(14,15)7(11)8(12)13/h1-4,7,10-11,14-15H,(H,12,13). The maximum atomic E-state index is 10.4. The van der Waals surface area contributed by atoms with Crippen LogP contribution in [0.4, 0.5) is 0 Å². The van der Waals surface area contributed by atoms with Crippen LogP contribution in [0.2, 0.25) is 0 Å². The molecule has 1 atom stereocenters. The SMILES string of the molecule is O=C(O)C(O)C(O)(O)c1ccc(O)cc1. The summed E-state index contributed by atoms with van der Waals surface area (Å²) in [6.45, 7) is 0. The van der Waals surface area contributed by atoms with Crippen LogP contribution in [0.15, 0.2) is 24.3 Å². The first-order valence-electron chi connectivity index (χ1n) is 4.01. The predicted octanol–water partition coefficient (Wildman–Crippen LogP) is -1.02. The van der Waals surface area contributed by atoms with Crippen molar-refractivity contribution in [1.29, 1.82) is 0 Å². The van der Waals surface area contributed by atoms with E-state index < -0.39 is 17.9 Å². The van der Waals surface area contributed by atoms with Gasteiger partial charge in [-0.15, -0.1) is 0 Å². The lowest BCUT2D eigenvalue weighted by Crippen LogP contribution is -2.44. The number of carbonyl (C=O) groups is 1. The van der Waals surface area contributed by atoms with Gasteiger partial charge in [-0.25, -0.2) is 4.79 Å². The molecule has 0 aliphatic rings. The second-order valence-corrected chi connectivity index (χ2v) is 3.01. The lowest BCUT2D eigenvalue weighted by molar-refractivity contribution is -0.237. The fourth-order valence-corrected chi connectivity index (χ4v) is 1.04. The number of benzene rings is 1. The summed E-state index contributed by atoms with van der Waals surface area (Å²) in [7, 11) is 0. The van der Waals surface area contributed by atoms with Gasteiger partial charge in [-0.1, -0.05) is 0 Å². The number of carboxylic acids is 1. The van der Waals surface area contributed by atoms with Crippen molar-refractivity contribution < 1.29 is 30.3 Å². The summed E-state index contributed by atoms with van der Waals surface area (Å²) in [6.07, 6.45) is -2.36. The van der Waals surface area contributed by atoms with Gasteiger partial charge in [0, 0.05) is 5.56 Å². The van der Waals surface area contributed by atoms with Crippen LogP contribution >= 0.6 is 0 Å². The number of aromatic hydroxyl groups is 1. The van der Waals surface area contributed by atoms with Gasteiger partial charge in [-0.05, 0) is 24.3 Å². The summed E-state index contributed by atoms with van der Waals surface area (Å²) < 4.78 is 0. The summed E-state index contributed by atoms with van der Waals surface area (Å²) in [4.78, 5) is 10.4. The van der Waals surface area contributed by atoms with E-state index in [1.807, 2.05) is 0 Å². The minimum absolute atomic E-state index is 0.112. The molecule has 15 heavy (non-hydrogen) atoms. The highest BCUT2D eigenvalue weighted by Gasteiger charge is 2.40. The molecule has 0 saturated carbocycles. The number of aliphatic hydroxyl groups is 3. The largest absolute Gasteiger partial charge is 0.508 e. The number of hydrogen-bond acceptors (Lipinski definition) is 5. The zero-order valence-electron chi connectivity index (χ0n) is 7.53. The second-order valence-electron chi connectivity index (χ2n) is 3.01. The first-order valence-corrected chi connectivity index (χ1v) is 4.01. The molecular weight excluding hydrogens is 204 g/mol.